The van der Waals surface area contributed by atoms with Gasteiger partial charge in [0.1, 0.15) is 0 Å². The number of rotatable bonds is 6. The molecule has 29 heavy (non-hydrogen) atoms. The van der Waals surface area contributed by atoms with E-state index in [1.165, 1.54) is 0 Å². The van der Waals surface area contributed by atoms with E-state index in [-0.39, 0.29) is 23.8 Å². The SMILES string of the molecule is CC(C(=O)Nc1ccc(Cl)cc1Cl)N1CCC(C(=O)NCc2ccccc2)CC1. The molecule has 1 saturated heterocycles. The first kappa shape index (κ1) is 21.6. The maximum atomic E-state index is 12.6. The van der Waals surface area contributed by atoms with E-state index < -0.39 is 0 Å². The zero-order valence-corrected chi connectivity index (χ0v) is 17.8. The molecule has 1 aliphatic rings. The molecule has 1 unspecified atom stereocenters. The van der Waals surface area contributed by atoms with Gasteiger partial charge in [-0.15, -0.1) is 0 Å². The Bertz CT molecular complexity index is 852. The van der Waals surface area contributed by atoms with Crippen molar-refractivity contribution in [3.63, 3.8) is 0 Å². The van der Waals surface area contributed by atoms with E-state index in [4.69, 9.17) is 23.2 Å². The quantitative estimate of drug-likeness (QED) is 0.711. The van der Waals surface area contributed by atoms with Crippen LogP contribution in [0.1, 0.15) is 25.3 Å². The van der Waals surface area contributed by atoms with Crippen molar-refractivity contribution in [3.05, 3.63) is 64.1 Å². The summed E-state index contributed by atoms with van der Waals surface area (Å²) < 4.78 is 0. The molecule has 7 heteroatoms. The van der Waals surface area contributed by atoms with Crippen LogP contribution in [0.2, 0.25) is 10.0 Å². The lowest BCUT2D eigenvalue weighted by molar-refractivity contribution is -0.127. The highest BCUT2D eigenvalue weighted by atomic mass is 35.5. The molecule has 0 radical (unpaired) electrons. The first-order valence-corrected chi connectivity index (χ1v) is 10.5. The zero-order valence-electron chi connectivity index (χ0n) is 16.3. The second-order valence-corrected chi connectivity index (χ2v) is 8.15. The van der Waals surface area contributed by atoms with Crippen molar-refractivity contribution >= 4 is 40.7 Å². The predicted molar refractivity (Wildman–Crippen MR) is 117 cm³/mol. The van der Waals surface area contributed by atoms with Crippen LogP contribution < -0.4 is 10.6 Å². The highest BCUT2D eigenvalue weighted by Crippen LogP contribution is 2.26. The van der Waals surface area contributed by atoms with Crippen molar-refractivity contribution < 1.29 is 9.59 Å². The molecule has 2 aromatic carbocycles. The van der Waals surface area contributed by atoms with Crippen molar-refractivity contribution in [2.75, 3.05) is 18.4 Å². The fourth-order valence-corrected chi connectivity index (χ4v) is 3.93. The molecule has 0 saturated carbocycles. The van der Waals surface area contributed by atoms with Crippen LogP contribution in [0.15, 0.2) is 48.5 Å². The Kier molecular flexibility index (Phi) is 7.53. The van der Waals surface area contributed by atoms with Gasteiger partial charge in [0.2, 0.25) is 11.8 Å². The van der Waals surface area contributed by atoms with Gasteiger partial charge in [0.05, 0.1) is 16.8 Å². The summed E-state index contributed by atoms with van der Waals surface area (Å²) in [4.78, 5) is 27.2. The third-order valence-corrected chi connectivity index (χ3v) is 5.87. The molecule has 1 fully saturated rings. The van der Waals surface area contributed by atoms with Crippen LogP contribution in [0.3, 0.4) is 0 Å². The number of piperidine rings is 1. The third-order valence-electron chi connectivity index (χ3n) is 5.33. The Morgan fingerprint density at radius 1 is 1.10 bits per heavy atom. The largest absolute Gasteiger partial charge is 0.352 e. The lowest BCUT2D eigenvalue weighted by Crippen LogP contribution is -2.48. The standard InChI is InChI=1S/C22H25Cl2N3O2/c1-15(21(28)26-20-8-7-18(23)13-19(20)24)27-11-9-17(10-12-27)22(29)25-14-16-5-3-2-4-6-16/h2-8,13,15,17H,9-12,14H2,1H3,(H,25,29)(H,26,28). The predicted octanol–water partition coefficient (Wildman–Crippen LogP) is 4.35. The van der Waals surface area contributed by atoms with Crippen LogP contribution in [0.5, 0.6) is 0 Å². The van der Waals surface area contributed by atoms with Gasteiger partial charge < -0.3 is 10.6 Å². The summed E-state index contributed by atoms with van der Waals surface area (Å²) in [5.74, 6) is -0.0595. The lowest BCUT2D eigenvalue weighted by Gasteiger charge is -2.34. The van der Waals surface area contributed by atoms with Gasteiger partial charge in [0.15, 0.2) is 0 Å². The van der Waals surface area contributed by atoms with Crippen LogP contribution in [-0.4, -0.2) is 35.8 Å². The minimum absolute atomic E-state index is 0.0177. The first-order chi connectivity index (χ1) is 13.9. The van der Waals surface area contributed by atoms with Crippen molar-refractivity contribution in [2.45, 2.75) is 32.4 Å². The molecule has 0 spiro atoms. The lowest BCUT2D eigenvalue weighted by atomic mass is 9.94. The monoisotopic (exact) mass is 433 g/mol. The maximum absolute atomic E-state index is 12.6. The average Bonchev–Trinajstić information content (AvgIpc) is 2.74. The van der Waals surface area contributed by atoms with Crippen molar-refractivity contribution in [2.24, 2.45) is 5.92 Å². The number of hydrogen-bond donors (Lipinski definition) is 2. The fraction of sp³-hybridized carbons (Fsp3) is 0.364. The van der Waals surface area contributed by atoms with Crippen LogP contribution in [0.25, 0.3) is 0 Å². The Balaban J connectivity index is 1.46. The minimum Gasteiger partial charge on any atom is -0.352 e. The van der Waals surface area contributed by atoms with Gasteiger partial charge in [-0.05, 0) is 56.6 Å². The molecule has 154 valence electrons. The Morgan fingerprint density at radius 3 is 2.45 bits per heavy atom. The van der Waals surface area contributed by atoms with Crippen molar-refractivity contribution in [1.29, 1.82) is 0 Å². The summed E-state index contributed by atoms with van der Waals surface area (Å²) in [5, 5.41) is 6.80. The van der Waals surface area contributed by atoms with Gasteiger partial charge in [-0.2, -0.15) is 0 Å². The molecule has 1 aliphatic heterocycles. The number of hydrogen-bond acceptors (Lipinski definition) is 3. The zero-order chi connectivity index (χ0) is 20.8. The molecule has 1 heterocycles. The number of nitrogens with zero attached hydrogens (tertiary/aromatic N) is 1. The Labute approximate surface area is 181 Å². The van der Waals surface area contributed by atoms with Crippen molar-refractivity contribution in [1.82, 2.24) is 10.2 Å². The number of carbonyl (C=O) groups is 2. The number of halogens is 2. The summed E-state index contributed by atoms with van der Waals surface area (Å²) >= 11 is 12.0. The molecule has 1 atom stereocenters. The van der Waals surface area contributed by atoms with Crippen molar-refractivity contribution in [3.8, 4) is 0 Å². The second kappa shape index (κ2) is 10.1. The molecule has 5 nitrogen and oxygen atoms in total. The molecular formula is C22H25Cl2N3O2. The molecule has 2 N–H and O–H groups in total. The van der Waals surface area contributed by atoms with Crippen LogP contribution >= 0.6 is 23.2 Å². The van der Waals surface area contributed by atoms with Gasteiger partial charge >= 0.3 is 0 Å². The molecule has 3 rings (SSSR count). The molecule has 0 aliphatic carbocycles. The molecule has 2 aromatic rings. The van der Waals surface area contributed by atoms with E-state index in [0.29, 0.717) is 35.4 Å². The second-order valence-electron chi connectivity index (χ2n) is 7.30. The highest BCUT2D eigenvalue weighted by Gasteiger charge is 2.29. The smallest absolute Gasteiger partial charge is 0.241 e. The van der Waals surface area contributed by atoms with Gasteiger partial charge in [-0.3, -0.25) is 14.5 Å². The number of amides is 2. The summed E-state index contributed by atoms with van der Waals surface area (Å²) in [6.07, 6.45) is 1.47. The minimum atomic E-state index is -0.310. The highest BCUT2D eigenvalue weighted by molar-refractivity contribution is 6.36. The maximum Gasteiger partial charge on any atom is 0.241 e. The number of carbonyl (C=O) groups excluding carboxylic acids is 2. The molecule has 0 bridgehead atoms. The topological polar surface area (TPSA) is 61.4 Å². The molecular weight excluding hydrogens is 409 g/mol. The van der Waals surface area contributed by atoms with Crippen LogP contribution in [-0.2, 0) is 16.1 Å². The third kappa shape index (κ3) is 5.95. The first-order valence-electron chi connectivity index (χ1n) is 9.75. The van der Waals surface area contributed by atoms with E-state index in [2.05, 4.69) is 15.5 Å². The van der Waals surface area contributed by atoms with Gasteiger partial charge in [-0.25, -0.2) is 0 Å². The van der Waals surface area contributed by atoms with Crippen LogP contribution in [0.4, 0.5) is 5.69 Å². The summed E-state index contributed by atoms with van der Waals surface area (Å²) in [6.45, 7) is 3.81. The van der Waals surface area contributed by atoms with E-state index in [1.54, 1.807) is 18.2 Å². The van der Waals surface area contributed by atoms with E-state index in [0.717, 1.165) is 18.4 Å². The summed E-state index contributed by atoms with van der Waals surface area (Å²) in [7, 11) is 0. The number of anilines is 1. The van der Waals surface area contributed by atoms with Gasteiger partial charge in [-0.1, -0.05) is 53.5 Å². The Morgan fingerprint density at radius 2 is 1.79 bits per heavy atom. The molecule has 0 aromatic heterocycles. The summed E-state index contributed by atoms with van der Waals surface area (Å²) in [5.41, 5.74) is 1.63. The van der Waals surface area contributed by atoms with E-state index in [1.807, 2.05) is 37.3 Å². The fourth-order valence-electron chi connectivity index (χ4n) is 3.47. The molecule has 2 amide bonds. The van der Waals surface area contributed by atoms with Crippen LogP contribution in [0, 0.1) is 5.92 Å². The van der Waals surface area contributed by atoms with Gasteiger partial charge in [0, 0.05) is 17.5 Å². The number of nitrogens with one attached hydrogen (secondary N) is 2. The normalized spacial score (nSPS) is 16.2. The number of likely N-dealkylation sites (tertiary alicyclic amines) is 1. The van der Waals surface area contributed by atoms with E-state index in [9.17, 15) is 9.59 Å². The van der Waals surface area contributed by atoms with Gasteiger partial charge in [0.25, 0.3) is 0 Å². The van der Waals surface area contributed by atoms with E-state index >= 15 is 0 Å². The number of benzene rings is 2. The summed E-state index contributed by atoms with van der Waals surface area (Å²) in [6, 6.07) is 14.5. The average molecular weight is 434 g/mol. The Hall–Kier alpha value is -2.08.